The van der Waals surface area contributed by atoms with Gasteiger partial charge < -0.3 is 4.74 Å². The van der Waals surface area contributed by atoms with Crippen molar-refractivity contribution in [3.63, 3.8) is 0 Å². The quantitative estimate of drug-likeness (QED) is 0.428. The summed E-state index contributed by atoms with van der Waals surface area (Å²) < 4.78 is 5.23. The Hall–Kier alpha value is 0.177. The first-order chi connectivity index (χ1) is 4.77. The van der Waals surface area contributed by atoms with Crippen molar-refractivity contribution in [3.05, 3.63) is 0 Å². The van der Waals surface area contributed by atoms with Crippen LogP contribution in [0.1, 0.15) is 19.8 Å². The zero-order chi connectivity index (χ0) is 7.82. The van der Waals surface area contributed by atoms with Crippen LogP contribution >= 0.6 is 0 Å². The third-order valence-electron chi connectivity index (χ3n) is 1.52. The van der Waals surface area contributed by atoms with Crippen molar-refractivity contribution in [3.8, 4) is 0 Å². The Morgan fingerprint density at radius 1 is 1.20 bits per heavy atom. The topological polar surface area (TPSA) is 9.23 Å². The van der Waals surface area contributed by atoms with Crippen molar-refractivity contribution >= 4 is 8.80 Å². The van der Waals surface area contributed by atoms with E-state index in [1.807, 2.05) is 0 Å². The molecule has 0 bridgehead atoms. The molecule has 1 nitrogen and oxygen atoms in total. The van der Waals surface area contributed by atoms with E-state index < -0.39 is 0 Å². The first-order valence-electron chi connectivity index (χ1n) is 4.35. The van der Waals surface area contributed by atoms with E-state index >= 15 is 0 Å². The second kappa shape index (κ2) is 7.29. The molecule has 0 aromatic carbocycles. The molecule has 0 saturated carbocycles. The highest BCUT2D eigenvalue weighted by Gasteiger charge is 1.94. The van der Waals surface area contributed by atoms with Crippen molar-refractivity contribution in [1.29, 1.82) is 0 Å². The summed E-state index contributed by atoms with van der Waals surface area (Å²) in [5, 5.41) is 0. The Bertz CT molecular complexity index is 64.3. The van der Waals surface area contributed by atoms with Gasteiger partial charge in [0.2, 0.25) is 0 Å². The first kappa shape index (κ1) is 10.2. The number of rotatable bonds is 6. The van der Waals surface area contributed by atoms with E-state index in [2.05, 4.69) is 20.0 Å². The zero-order valence-electron chi connectivity index (χ0n) is 7.52. The van der Waals surface area contributed by atoms with Gasteiger partial charge in [-0.15, -0.1) is 0 Å². The van der Waals surface area contributed by atoms with Crippen LogP contribution in [-0.4, -0.2) is 22.0 Å². The third-order valence-corrected chi connectivity index (χ3v) is 3.09. The van der Waals surface area contributed by atoms with E-state index in [0.29, 0.717) is 0 Å². The van der Waals surface area contributed by atoms with E-state index in [0.717, 1.165) is 13.2 Å². The predicted molar refractivity (Wildman–Crippen MR) is 49.4 cm³/mol. The van der Waals surface area contributed by atoms with Gasteiger partial charge in [0, 0.05) is 22.0 Å². The molecule has 0 spiro atoms. The molecule has 0 rings (SSSR count). The van der Waals surface area contributed by atoms with E-state index in [9.17, 15) is 0 Å². The van der Waals surface area contributed by atoms with Gasteiger partial charge in [0.05, 0.1) is 0 Å². The fourth-order valence-corrected chi connectivity index (χ4v) is 2.01. The third kappa shape index (κ3) is 8.18. The smallest absolute Gasteiger partial charge is 0.0465 e. The molecular formula is C8H20OSi. The molecule has 0 aliphatic rings. The fourth-order valence-electron chi connectivity index (χ4n) is 0.901. The maximum Gasteiger partial charge on any atom is 0.0465 e. The first-order valence-corrected chi connectivity index (χ1v) is 7.47. The molecule has 0 aliphatic carbocycles. The Kier molecular flexibility index (Phi) is 7.41. The molecule has 0 aliphatic heterocycles. The van der Waals surface area contributed by atoms with Crippen LogP contribution in [0, 0.1) is 0 Å². The van der Waals surface area contributed by atoms with Gasteiger partial charge in [0.25, 0.3) is 0 Å². The van der Waals surface area contributed by atoms with Crippen molar-refractivity contribution in [1.82, 2.24) is 0 Å². The standard InChI is InChI=1S/C8H20OSi/c1-4-9-7-5-6-8-10(2)3/h10H,4-8H2,1-3H3. The van der Waals surface area contributed by atoms with Crippen LogP contribution in [0.25, 0.3) is 0 Å². The molecule has 0 radical (unpaired) electrons. The Morgan fingerprint density at radius 2 is 1.90 bits per heavy atom. The van der Waals surface area contributed by atoms with Gasteiger partial charge in [-0.3, -0.25) is 0 Å². The molecular weight excluding hydrogens is 140 g/mol. The maximum atomic E-state index is 5.23. The minimum Gasteiger partial charge on any atom is -0.382 e. The molecule has 0 heterocycles. The molecule has 0 saturated heterocycles. The van der Waals surface area contributed by atoms with Crippen LogP contribution in [0.2, 0.25) is 19.1 Å². The van der Waals surface area contributed by atoms with Crippen molar-refractivity contribution in [2.75, 3.05) is 13.2 Å². The lowest BCUT2D eigenvalue weighted by Gasteiger charge is -2.02. The minimum absolute atomic E-state index is 0.278. The molecule has 2 heteroatoms. The lowest BCUT2D eigenvalue weighted by atomic mass is 10.4. The summed E-state index contributed by atoms with van der Waals surface area (Å²) in [4.78, 5) is 0. The van der Waals surface area contributed by atoms with Gasteiger partial charge in [-0.25, -0.2) is 0 Å². The van der Waals surface area contributed by atoms with Crippen LogP contribution in [0.3, 0.4) is 0 Å². The molecule has 0 N–H and O–H groups in total. The molecule has 62 valence electrons. The zero-order valence-corrected chi connectivity index (χ0v) is 8.68. The van der Waals surface area contributed by atoms with Gasteiger partial charge in [-0.2, -0.15) is 0 Å². The summed E-state index contributed by atoms with van der Waals surface area (Å²) in [6.45, 7) is 8.70. The highest BCUT2D eigenvalue weighted by Crippen LogP contribution is 2.00. The number of hydrogen-bond acceptors (Lipinski definition) is 1. The Balaban J connectivity index is 2.77. The second-order valence-electron chi connectivity index (χ2n) is 3.09. The monoisotopic (exact) mass is 160 g/mol. The summed E-state index contributed by atoms with van der Waals surface area (Å²) >= 11 is 0. The summed E-state index contributed by atoms with van der Waals surface area (Å²) in [7, 11) is -0.278. The SMILES string of the molecule is CCOCCCC[SiH](C)C. The van der Waals surface area contributed by atoms with Gasteiger partial charge in [-0.1, -0.05) is 25.6 Å². The van der Waals surface area contributed by atoms with Crippen LogP contribution < -0.4 is 0 Å². The van der Waals surface area contributed by atoms with Gasteiger partial charge >= 0.3 is 0 Å². The lowest BCUT2D eigenvalue weighted by Crippen LogP contribution is -2.00. The van der Waals surface area contributed by atoms with E-state index in [1.54, 1.807) is 0 Å². The summed E-state index contributed by atoms with van der Waals surface area (Å²) in [5.74, 6) is 0. The Labute approximate surface area is 66.4 Å². The largest absolute Gasteiger partial charge is 0.382 e. The van der Waals surface area contributed by atoms with Crippen LogP contribution in [0.4, 0.5) is 0 Å². The maximum absolute atomic E-state index is 5.23. The summed E-state index contributed by atoms with van der Waals surface area (Å²) in [6, 6.07) is 1.48. The highest BCUT2D eigenvalue weighted by atomic mass is 28.3. The average Bonchev–Trinajstić information content (AvgIpc) is 1.87. The highest BCUT2D eigenvalue weighted by molar-refractivity contribution is 6.55. The average molecular weight is 160 g/mol. The molecule has 0 aromatic rings. The summed E-state index contributed by atoms with van der Waals surface area (Å²) in [6.07, 6.45) is 2.64. The van der Waals surface area contributed by atoms with Gasteiger partial charge in [0.15, 0.2) is 0 Å². The molecule has 0 unspecified atom stereocenters. The van der Waals surface area contributed by atoms with E-state index in [4.69, 9.17) is 4.74 Å². The summed E-state index contributed by atoms with van der Waals surface area (Å²) in [5.41, 5.74) is 0. The minimum atomic E-state index is -0.278. The van der Waals surface area contributed by atoms with Gasteiger partial charge in [0.1, 0.15) is 0 Å². The fraction of sp³-hybridized carbons (Fsp3) is 1.00. The molecule has 0 amide bonds. The second-order valence-corrected chi connectivity index (χ2v) is 6.45. The number of ether oxygens (including phenoxy) is 1. The van der Waals surface area contributed by atoms with E-state index in [-0.39, 0.29) is 8.80 Å². The van der Waals surface area contributed by atoms with Crippen molar-refractivity contribution in [2.24, 2.45) is 0 Å². The van der Waals surface area contributed by atoms with Crippen molar-refractivity contribution in [2.45, 2.75) is 38.9 Å². The van der Waals surface area contributed by atoms with Gasteiger partial charge in [-0.05, 0) is 13.3 Å². The van der Waals surface area contributed by atoms with Crippen LogP contribution in [0.5, 0.6) is 0 Å². The number of unbranched alkanes of at least 4 members (excludes halogenated alkanes) is 1. The van der Waals surface area contributed by atoms with E-state index in [1.165, 1.54) is 18.9 Å². The van der Waals surface area contributed by atoms with Crippen molar-refractivity contribution < 1.29 is 4.74 Å². The normalized spacial score (nSPS) is 10.8. The molecule has 0 aromatic heterocycles. The lowest BCUT2D eigenvalue weighted by molar-refractivity contribution is 0.144. The predicted octanol–water partition coefficient (Wildman–Crippen LogP) is 2.29. The van der Waals surface area contributed by atoms with Crippen LogP contribution in [-0.2, 0) is 4.74 Å². The van der Waals surface area contributed by atoms with Crippen LogP contribution in [0.15, 0.2) is 0 Å². The molecule has 0 fully saturated rings. The number of hydrogen-bond donors (Lipinski definition) is 0. The molecule has 10 heavy (non-hydrogen) atoms. The Morgan fingerprint density at radius 3 is 2.40 bits per heavy atom. The molecule has 0 atom stereocenters.